The second-order valence-corrected chi connectivity index (χ2v) is 11.2. The number of aryl methyl sites for hydroxylation is 1. The quantitative estimate of drug-likeness (QED) is 0.358. The maximum absolute atomic E-state index is 6.37. The molecule has 0 fully saturated rings. The van der Waals surface area contributed by atoms with Crippen molar-refractivity contribution < 1.29 is 0 Å². The van der Waals surface area contributed by atoms with Crippen LogP contribution in [0.25, 0.3) is 10.2 Å². The number of nitrogens with zero attached hydrogens (tertiary/aromatic N) is 2. The number of nitrogen functional groups attached to an aromatic ring is 1. The van der Waals surface area contributed by atoms with Gasteiger partial charge in [0.15, 0.2) is 5.16 Å². The Labute approximate surface area is 177 Å². The average Bonchev–Trinajstić information content (AvgIpc) is 2.98. The maximum atomic E-state index is 6.37. The summed E-state index contributed by atoms with van der Waals surface area (Å²) in [5.74, 6) is 2.21. The number of rotatable bonds is 3. The monoisotopic (exact) mass is 461 g/mol. The SMILES string of the molecule is CC(C)(C)[C@@H]1CCc2c(sc3nc(SCc4ccc(Br)cc4)nc(N)c23)C1. The summed E-state index contributed by atoms with van der Waals surface area (Å²) < 4.78 is 1.09. The first-order valence-electron chi connectivity index (χ1n) is 9.26. The van der Waals surface area contributed by atoms with Crippen LogP contribution in [0.5, 0.6) is 0 Å². The molecule has 0 saturated carbocycles. The van der Waals surface area contributed by atoms with Gasteiger partial charge < -0.3 is 5.73 Å². The van der Waals surface area contributed by atoms with Crippen molar-refractivity contribution in [2.75, 3.05) is 5.73 Å². The van der Waals surface area contributed by atoms with Gasteiger partial charge in [-0.15, -0.1) is 11.3 Å². The first-order valence-corrected chi connectivity index (χ1v) is 11.9. The van der Waals surface area contributed by atoms with Crippen molar-refractivity contribution in [3.8, 4) is 0 Å². The van der Waals surface area contributed by atoms with Crippen molar-refractivity contribution in [1.29, 1.82) is 0 Å². The maximum Gasteiger partial charge on any atom is 0.191 e. The summed E-state index contributed by atoms with van der Waals surface area (Å²) in [5.41, 5.74) is 9.37. The van der Waals surface area contributed by atoms with E-state index in [0.29, 0.717) is 11.2 Å². The molecule has 0 amide bonds. The highest BCUT2D eigenvalue weighted by Crippen LogP contribution is 2.44. The topological polar surface area (TPSA) is 51.8 Å². The third kappa shape index (κ3) is 4.03. The average molecular weight is 462 g/mol. The molecule has 1 aromatic carbocycles. The molecule has 1 aliphatic carbocycles. The third-order valence-corrected chi connectivity index (χ3v) is 8.02. The van der Waals surface area contributed by atoms with Gasteiger partial charge in [-0.2, -0.15) is 0 Å². The number of benzene rings is 1. The molecule has 4 rings (SSSR count). The van der Waals surface area contributed by atoms with Crippen LogP contribution in [0.4, 0.5) is 5.82 Å². The van der Waals surface area contributed by atoms with Gasteiger partial charge in [0.2, 0.25) is 0 Å². The fourth-order valence-electron chi connectivity index (χ4n) is 3.72. The molecule has 6 heteroatoms. The van der Waals surface area contributed by atoms with Crippen LogP contribution in [0.1, 0.15) is 43.2 Å². The summed E-state index contributed by atoms with van der Waals surface area (Å²) in [6, 6.07) is 8.37. The molecule has 0 bridgehead atoms. The third-order valence-electron chi connectivity index (χ3n) is 5.42. The zero-order valence-corrected chi connectivity index (χ0v) is 19.1. The highest BCUT2D eigenvalue weighted by molar-refractivity contribution is 9.10. The Hall–Kier alpha value is -1.11. The van der Waals surface area contributed by atoms with Crippen LogP contribution < -0.4 is 5.73 Å². The van der Waals surface area contributed by atoms with Gasteiger partial charge in [-0.25, -0.2) is 9.97 Å². The first-order chi connectivity index (χ1) is 12.8. The van der Waals surface area contributed by atoms with E-state index >= 15 is 0 Å². The van der Waals surface area contributed by atoms with E-state index in [2.05, 4.69) is 66.0 Å². The molecule has 2 heterocycles. The Morgan fingerprint density at radius 1 is 1.22 bits per heavy atom. The summed E-state index contributed by atoms with van der Waals surface area (Å²) in [7, 11) is 0. The lowest BCUT2D eigenvalue weighted by atomic mass is 9.72. The predicted octanol–water partition coefficient (Wildman–Crippen LogP) is 6.48. The molecule has 142 valence electrons. The lowest BCUT2D eigenvalue weighted by Crippen LogP contribution is -2.26. The van der Waals surface area contributed by atoms with Crippen molar-refractivity contribution in [2.24, 2.45) is 11.3 Å². The minimum Gasteiger partial charge on any atom is -0.383 e. The molecule has 2 N–H and O–H groups in total. The Kier molecular flexibility index (Phi) is 5.25. The number of fused-ring (bicyclic) bond motifs is 3. The van der Waals surface area contributed by atoms with Crippen LogP contribution in [0.15, 0.2) is 33.9 Å². The molecule has 0 spiro atoms. The molecule has 0 unspecified atom stereocenters. The zero-order valence-electron chi connectivity index (χ0n) is 15.9. The number of halogens is 1. The number of aromatic nitrogens is 2. The van der Waals surface area contributed by atoms with Crippen molar-refractivity contribution in [1.82, 2.24) is 9.97 Å². The van der Waals surface area contributed by atoms with Gasteiger partial charge in [-0.3, -0.25) is 0 Å². The van der Waals surface area contributed by atoms with Crippen LogP contribution in [0.3, 0.4) is 0 Å². The highest BCUT2D eigenvalue weighted by Gasteiger charge is 2.31. The predicted molar refractivity (Wildman–Crippen MR) is 121 cm³/mol. The van der Waals surface area contributed by atoms with E-state index in [4.69, 9.17) is 10.7 Å². The number of thiophene rings is 1. The molecule has 0 aliphatic heterocycles. The zero-order chi connectivity index (χ0) is 19.2. The Bertz CT molecular complexity index is 974. The van der Waals surface area contributed by atoms with Gasteiger partial charge in [-0.05, 0) is 53.9 Å². The minimum absolute atomic E-state index is 0.344. The van der Waals surface area contributed by atoms with Crippen LogP contribution in [0.2, 0.25) is 0 Å². The summed E-state index contributed by atoms with van der Waals surface area (Å²) in [5, 5.41) is 1.88. The van der Waals surface area contributed by atoms with Gasteiger partial charge >= 0.3 is 0 Å². The summed E-state index contributed by atoms with van der Waals surface area (Å²) in [4.78, 5) is 12.0. The van der Waals surface area contributed by atoms with E-state index in [-0.39, 0.29) is 0 Å². The molecule has 27 heavy (non-hydrogen) atoms. The van der Waals surface area contributed by atoms with E-state index < -0.39 is 0 Å². The highest BCUT2D eigenvalue weighted by atomic mass is 79.9. The van der Waals surface area contributed by atoms with Crippen LogP contribution in [-0.2, 0) is 18.6 Å². The number of hydrogen-bond donors (Lipinski definition) is 1. The van der Waals surface area contributed by atoms with E-state index in [0.717, 1.165) is 44.4 Å². The van der Waals surface area contributed by atoms with E-state index in [1.54, 1.807) is 11.8 Å². The van der Waals surface area contributed by atoms with E-state index in [1.165, 1.54) is 22.4 Å². The largest absolute Gasteiger partial charge is 0.383 e. The fourth-order valence-corrected chi connectivity index (χ4v) is 6.15. The number of anilines is 1. The molecule has 0 saturated heterocycles. The van der Waals surface area contributed by atoms with Crippen LogP contribution in [-0.4, -0.2) is 9.97 Å². The number of thioether (sulfide) groups is 1. The molecule has 1 atom stereocenters. The minimum atomic E-state index is 0.344. The molecular formula is C21H24BrN3S2. The standard InChI is InChI=1S/C21H24BrN3S2/c1-21(2,3)13-6-9-15-16(10-13)27-19-17(15)18(23)24-20(25-19)26-11-12-4-7-14(22)8-5-12/h4-5,7-8,13H,6,9-11H2,1-3H3,(H2,23,24,25)/t13-/m1/s1. The normalized spacial score (nSPS) is 17.3. The summed E-state index contributed by atoms with van der Waals surface area (Å²) >= 11 is 6.94. The Morgan fingerprint density at radius 3 is 2.67 bits per heavy atom. The number of nitrogens with two attached hydrogens (primary N) is 1. The van der Waals surface area contributed by atoms with Gasteiger partial charge in [0.05, 0.1) is 5.39 Å². The molecule has 2 aromatic heterocycles. The lowest BCUT2D eigenvalue weighted by molar-refractivity contribution is 0.218. The summed E-state index contributed by atoms with van der Waals surface area (Å²) in [6.07, 6.45) is 3.46. The van der Waals surface area contributed by atoms with Crippen LogP contribution in [0, 0.1) is 11.3 Å². The molecular weight excluding hydrogens is 438 g/mol. The van der Waals surface area contributed by atoms with Gasteiger partial charge in [0, 0.05) is 15.1 Å². The van der Waals surface area contributed by atoms with Crippen molar-refractivity contribution in [3.05, 3.63) is 44.7 Å². The smallest absolute Gasteiger partial charge is 0.191 e. The van der Waals surface area contributed by atoms with E-state index in [9.17, 15) is 0 Å². The Morgan fingerprint density at radius 2 is 1.96 bits per heavy atom. The van der Waals surface area contributed by atoms with E-state index in [1.807, 2.05) is 11.3 Å². The first kappa shape index (κ1) is 19.2. The van der Waals surface area contributed by atoms with Crippen molar-refractivity contribution in [2.45, 2.75) is 50.9 Å². The number of hydrogen-bond acceptors (Lipinski definition) is 5. The van der Waals surface area contributed by atoms with Crippen LogP contribution >= 0.6 is 39.0 Å². The molecule has 0 radical (unpaired) electrons. The fraction of sp³-hybridized carbons (Fsp3) is 0.429. The molecule has 3 nitrogen and oxygen atoms in total. The second kappa shape index (κ2) is 7.37. The summed E-state index contributed by atoms with van der Waals surface area (Å²) in [6.45, 7) is 7.04. The molecule has 1 aliphatic rings. The van der Waals surface area contributed by atoms with Gasteiger partial charge in [0.25, 0.3) is 0 Å². The Balaban J connectivity index is 1.60. The van der Waals surface area contributed by atoms with Gasteiger partial charge in [0.1, 0.15) is 10.6 Å². The lowest BCUT2D eigenvalue weighted by Gasteiger charge is -2.33. The van der Waals surface area contributed by atoms with Crippen molar-refractivity contribution >= 4 is 55.1 Å². The van der Waals surface area contributed by atoms with Gasteiger partial charge in [-0.1, -0.05) is 60.6 Å². The second-order valence-electron chi connectivity index (χ2n) is 8.30. The van der Waals surface area contributed by atoms with Crippen molar-refractivity contribution in [3.63, 3.8) is 0 Å². The molecule has 3 aromatic rings.